The Bertz CT molecular complexity index is 3780. The summed E-state index contributed by atoms with van der Waals surface area (Å²) in [4.78, 5) is 10.5. The molecular weight excluding hydrogens is 801 g/mol. The molecule has 2 heterocycles. The Morgan fingerprint density at radius 2 is 0.848 bits per heavy atom. The van der Waals surface area contributed by atoms with E-state index in [0.29, 0.717) is 5.82 Å². The Hall–Kier alpha value is -8.66. The van der Waals surface area contributed by atoms with Gasteiger partial charge in [-0.2, -0.15) is 0 Å². The van der Waals surface area contributed by atoms with E-state index in [1.54, 1.807) is 0 Å². The molecule has 10 aromatic carbocycles. The first kappa shape index (κ1) is 37.9. The standard InChI is InChI=1S/C63H40N2O/c1-4-18-41(19-5-1)62-64-57(44-34-37-60-54(39-44)52-28-13-15-33-59(52)66-60)40-58(65-62)51-36-35-47(49-26-10-11-27-50(49)51)42-20-16-21-43(38-42)48-30-17-32-56-61(48)53-29-12-14-31-55(53)63(56,45-22-6-2-7-23-45)46-24-8-3-9-25-46/h1-40H. The van der Waals surface area contributed by atoms with Crippen molar-refractivity contribution in [2.75, 3.05) is 0 Å². The molecular formula is C63H40N2O. The monoisotopic (exact) mass is 840 g/mol. The molecule has 3 heteroatoms. The minimum absolute atomic E-state index is 0.463. The fourth-order valence-corrected chi connectivity index (χ4v) is 10.7. The van der Waals surface area contributed by atoms with Gasteiger partial charge in [-0.3, -0.25) is 0 Å². The minimum Gasteiger partial charge on any atom is -0.456 e. The Balaban J connectivity index is 0.960. The molecule has 2 aromatic heterocycles. The summed E-state index contributed by atoms with van der Waals surface area (Å²) in [6.45, 7) is 0. The molecule has 66 heavy (non-hydrogen) atoms. The highest BCUT2D eigenvalue weighted by Gasteiger charge is 2.46. The number of hydrogen-bond acceptors (Lipinski definition) is 3. The first-order valence-corrected chi connectivity index (χ1v) is 22.6. The lowest BCUT2D eigenvalue weighted by atomic mass is 9.67. The lowest BCUT2D eigenvalue weighted by Crippen LogP contribution is -2.28. The lowest BCUT2D eigenvalue weighted by molar-refractivity contribution is 0.669. The van der Waals surface area contributed by atoms with E-state index in [1.165, 1.54) is 50.1 Å². The molecule has 0 unspecified atom stereocenters. The van der Waals surface area contributed by atoms with Crippen LogP contribution < -0.4 is 0 Å². The van der Waals surface area contributed by atoms with Crippen molar-refractivity contribution < 1.29 is 4.42 Å². The van der Waals surface area contributed by atoms with Crippen molar-refractivity contribution in [1.29, 1.82) is 0 Å². The van der Waals surface area contributed by atoms with E-state index in [4.69, 9.17) is 14.4 Å². The van der Waals surface area contributed by atoms with Crippen LogP contribution >= 0.6 is 0 Å². The smallest absolute Gasteiger partial charge is 0.160 e. The summed E-state index contributed by atoms with van der Waals surface area (Å²) in [7, 11) is 0. The number of rotatable bonds is 7. The second-order valence-electron chi connectivity index (χ2n) is 17.2. The molecule has 1 aliphatic carbocycles. The lowest BCUT2D eigenvalue weighted by Gasteiger charge is -2.34. The molecule has 0 radical (unpaired) electrons. The van der Waals surface area contributed by atoms with Crippen LogP contribution in [-0.4, -0.2) is 9.97 Å². The van der Waals surface area contributed by atoms with Crippen LogP contribution in [0.3, 0.4) is 0 Å². The number of furan rings is 1. The van der Waals surface area contributed by atoms with Crippen molar-refractivity contribution in [2.45, 2.75) is 5.41 Å². The molecule has 0 bridgehead atoms. The van der Waals surface area contributed by atoms with Gasteiger partial charge in [-0.1, -0.05) is 206 Å². The molecule has 308 valence electrons. The number of benzene rings is 10. The van der Waals surface area contributed by atoms with Gasteiger partial charge >= 0.3 is 0 Å². The number of aromatic nitrogens is 2. The van der Waals surface area contributed by atoms with Crippen LogP contribution in [0, 0.1) is 0 Å². The van der Waals surface area contributed by atoms with Crippen molar-refractivity contribution >= 4 is 32.7 Å². The summed E-state index contributed by atoms with van der Waals surface area (Å²) < 4.78 is 6.20. The highest BCUT2D eigenvalue weighted by molar-refractivity contribution is 6.07. The predicted octanol–water partition coefficient (Wildman–Crippen LogP) is 16.2. The molecule has 0 saturated heterocycles. The van der Waals surface area contributed by atoms with Crippen LogP contribution in [0.2, 0.25) is 0 Å². The van der Waals surface area contributed by atoms with Gasteiger partial charge in [-0.25, -0.2) is 9.97 Å². The third-order valence-corrected chi connectivity index (χ3v) is 13.6. The van der Waals surface area contributed by atoms with Gasteiger partial charge in [0.2, 0.25) is 0 Å². The van der Waals surface area contributed by atoms with Crippen LogP contribution in [0.4, 0.5) is 0 Å². The summed E-state index contributed by atoms with van der Waals surface area (Å²) in [6.07, 6.45) is 0. The molecule has 0 saturated carbocycles. The van der Waals surface area contributed by atoms with Gasteiger partial charge in [0.15, 0.2) is 5.82 Å². The highest BCUT2D eigenvalue weighted by atomic mass is 16.3. The molecule has 12 aromatic rings. The zero-order valence-electron chi connectivity index (χ0n) is 35.9. The number of hydrogen-bond donors (Lipinski definition) is 0. The second kappa shape index (κ2) is 15.3. The van der Waals surface area contributed by atoms with Gasteiger partial charge in [0.05, 0.1) is 16.8 Å². The fourth-order valence-electron chi connectivity index (χ4n) is 10.7. The third kappa shape index (κ3) is 5.91. The maximum atomic E-state index is 6.20. The Morgan fingerprint density at radius 3 is 1.62 bits per heavy atom. The Labute approximate surface area is 383 Å². The van der Waals surface area contributed by atoms with Crippen molar-refractivity contribution in [1.82, 2.24) is 9.97 Å². The molecule has 0 amide bonds. The summed E-state index contributed by atoms with van der Waals surface area (Å²) in [5.41, 5.74) is 18.4. The SMILES string of the molecule is c1ccc(-c2nc(-c3ccc4oc5ccccc5c4c3)cc(-c3ccc(-c4cccc(-c5cccc6c5-c5ccccc5C6(c5ccccc5)c5ccccc5)c4)c4ccccc34)n2)cc1. The average Bonchev–Trinajstić information content (AvgIpc) is 3.93. The van der Waals surface area contributed by atoms with Crippen LogP contribution in [0.1, 0.15) is 22.3 Å². The highest BCUT2D eigenvalue weighted by Crippen LogP contribution is 2.58. The molecule has 3 nitrogen and oxygen atoms in total. The van der Waals surface area contributed by atoms with Gasteiger partial charge in [0.25, 0.3) is 0 Å². The average molecular weight is 841 g/mol. The maximum Gasteiger partial charge on any atom is 0.160 e. The first-order valence-electron chi connectivity index (χ1n) is 22.6. The van der Waals surface area contributed by atoms with E-state index in [9.17, 15) is 0 Å². The van der Waals surface area contributed by atoms with E-state index >= 15 is 0 Å². The van der Waals surface area contributed by atoms with Crippen molar-refractivity contribution in [3.63, 3.8) is 0 Å². The first-order chi connectivity index (χ1) is 32.7. The van der Waals surface area contributed by atoms with Gasteiger partial charge in [0.1, 0.15) is 11.2 Å². The van der Waals surface area contributed by atoms with E-state index in [2.05, 4.69) is 212 Å². The quantitative estimate of drug-likeness (QED) is 0.160. The van der Waals surface area contributed by atoms with E-state index in [-0.39, 0.29) is 0 Å². The van der Waals surface area contributed by atoms with Crippen LogP contribution in [-0.2, 0) is 5.41 Å². The maximum absolute atomic E-state index is 6.20. The molecule has 0 N–H and O–H groups in total. The van der Waals surface area contributed by atoms with Crippen LogP contribution in [0.5, 0.6) is 0 Å². The molecule has 13 rings (SSSR count). The molecule has 0 spiro atoms. The van der Waals surface area contributed by atoms with E-state index < -0.39 is 5.41 Å². The topological polar surface area (TPSA) is 38.9 Å². The zero-order valence-corrected chi connectivity index (χ0v) is 35.9. The van der Waals surface area contributed by atoms with Crippen LogP contribution in [0.15, 0.2) is 247 Å². The van der Waals surface area contributed by atoms with E-state index in [1.807, 2.05) is 30.3 Å². The molecule has 0 fully saturated rings. The van der Waals surface area contributed by atoms with Crippen molar-refractivity contribution in [2.24, 2.45) is 0 Å². The zero-order chi connectivity index (χ0) is 43.6. The van der Waals surface area contributed by atoms with Gasteiger partial charge in [0, 0.05) is 27.5 Å². The van der Waals surface area contributed by atoms with Gasteiger partial charge < -0.3 is 4.42 Å². The van der Waals surface area contributed by atoms with Gasteiger partial charge in [-0.05, 0) is 103 Å². The van der Waals surface area contributed by atoms with Crippen LogP contribution in [0.25, 0.3) is 100.0 Å². The fraction of sp³-hybridized carbons (Fsp3) is 0.0159. The summed E-state index contributed by atoms with van der Waals surface area (Å²) >= 11 is 0. The van der Waals surface area contributed by atoms with Gasteiger partial charge in [-0.15, -0.1) is 0 Å². The van der Waals surface area contributed by atoms with E-state index in [0.717, 1.165) is 66.4 Å². The molecule has 0 aliphatic heterocycles. The largest absolute Gasteiger partial charge is 0.456 e. The predicted molar refractivity (Wildman–Crippen MR) is 271 cm³/mol. The summed E-state index contributed by atoms with van der Waals surface area (Å²) in [5, 5.41) is 4.45. The molecule has 0 atom stereocenters. The number of para-hydroxylation sites is 1. The molecule has 1 aliphatic rings. The van der Waals surface area contributed by atoms with Crippen molar-refractivity contribution in [3.8, 4) is 67.3 Å². The normalized spacial score (nSPS) is 12.7. The second-order valence-corrected chi connectivity index (χ2v) is 17.2. The summed E-state index contributed by atoms with van der Waals surface area (Å²) in [5.74, 6) is 0.682. The number of nitrogens with zero attached hydrogens (tertiary/aromatic N) is 2. The number of fused-ring (bicyclic) bond motifs is 7. The minimum atomic E-state index is -0.463. The Morgan fingerprint density at radius 1 is 0.303 bits per heavy atom. The summed E-state index contributed by atoms with van der Waals surface area (Å²) in [6, 6.07) is 87.2. The third-order valence-electron chi connectivity index (χ3n) is 13.6. The Kier molecular flexibility index (Phi) is 8.75. The van der Waals surface area contributed by atoms with Crippen molar-refractivity contribution in [3.05, 3.63) is 265 Å².